The van der Waals surface area contributed by atoms with Gasteiger partial charge in [0.1, 0.15) is 11.9 Å². The van der Waals surface area contributed by atoms with Crippen molar-refractivity contribution in [2.75, 3.05) is 6.61 Å². The topological polar surface area (TPSA) is 89.5 Å². The van der Waals surface area contributed by atoms with Gasteiger partial charge < -0.3 is 4.74 Å². The first-order valence-electron chi connectivity index (χ1n) is 9.36. The van der Waals surface area contributed by atoms with E-state index in [1.807, 2.05) is 12.1 Å². The van der Waals surface area contributed by atoms with Crippen LogP contribution < -0.4 is 4.72 Å². The summed E-state index contributed by atoms with van der Waals surface area (Å²) in [7, 11) is -4.02. The standard InChI is InChI=1S/C21H22FNO5S/c1-14(23-29(26,27)19-10-8-18(22)9-11-19)21(25)28-13-20(24)17-7-6-15-4-2-3-5-16(15)12-17/h6-12,14,23H,2-5,13H2,1H3/t14-/m0/s1. The highest BCUT2D eigenvalue weighted by Gasteiger charge is 2.24. The molecule has 154 valence electrons. The maximum atomic E-state index is 13.0. The Morgan fingerprint density at radius 1 is 1.07 bits per heavy atom. The molecule has 0 bridgehead atoms. The van der Waals surface area contributed by atoms with Crippen LogP contribution in [0.2, 0.25) is 0 Å². The number of benzene rings is 2. The molecule has 1 aliphatic carbocycles. The van der Waals surface area contributed by atoms with Crippen molar-refractivity contribution in [1.82, 2.24) is 4.72 Å². The molecular weight excluding hydrogens is 397 g/mol. The first kappa shape index (κ1) is 21.1. The van der Waals surface area contributed by atoms with Crippen LogP contribution in [0.15, 0.2) is 47.4 Å². The van der Waals surface area contributed by atoms with Gasteiger partial charge in [0.05, 0.1) is 4.90 Å². The molecule has 1 atom stereocenters. The highest BCUT2D eigenvalue weighted by molar-refractivity contribution is 7.89. The number of ether oxygens (including phenoxy) is 1. The Balaban J connectivity index is 1.57. The van der Waals surface area contributed by atoms with Gasteiger partial charge in [-0.25, -0.2) is 12.8 Å². The summed E-state index contributed by atoms with van der Waals surface area (Å²) in [5.41, 5.74) is 2.86. The molecule has 2 aromatic carbocycles. The van der Waals surface area contributed by atoms with E-state index >= 15 is 0 Å². The van der Waals surface area contributed by atoms with Gasteiger partial charge in [0.2, 0.25) is 10.0 Å². The molecule has 0 radical (unpaired) electrons. The van der Waals surface area contributed by atoms with Crippen molar-refractivity contribution >= 4 is 21.8 Å². The van der Waals surface area contributed by atoms with E-state index in [4.69, 9.17) is 4.74 Å². The second-order valence-corrected chi connectivity index (χ2v) is 8.73. The van der Waals surface area contributed by atoms with Gasteiger partial charge in [-0.2, -0.15) is 4.72 Å². The summed E-state index contributed by atoms with van der Waals surface area (Å²) in [5.74, 6) is -1.79. The lowest BCUT2D eigenvalue weighted by molar-refractivity contribution is -0.144. The van der Waals surface area contributed by atoms with Crippen molar-refractivity contribution in [1.29, 1.82) is 0 Å². The third-order valence-corrected chi connectivity index (χ3v) is 6.38. The summed E-state index contributed by atoms with van der Waals surface area (Å²) in [6.45, 7) is 0.840. The van der Waals surface area contributed by atoms with Gasteiger partial charge in [-0.3, -0.25) is 9.59 Å². The van der Waals surface area contributed by atoms with Crippen molar-refractivity contribution in [3.63, 3.8) is 0 Å². The number of esters is 1. The molecule has 0 saturated heterocycles. The van der Waals surface area contributed by atoms with Crippen LogP contribution in [0.4, 0.5) is 4.39 Å². The summed E-state index contributed by atoms with van der Waals surface area (Å²) in [4.78, 5) is 24.3. The average molecular weight is 419 g/mol. The number of Topliss-reactive ketones (excluding diaryl/α,β-unsaturated/α-hetero) is 1. The Kier molecular flexibility index (Phi) is 6.44. The van der Waals surface area contributed by atoms with E-state index in [-0.39, 0.29) is 10.7 Å². The van der Waals surface area contributed by atoms with E-state index in [1.54, 1.807) is 6.07 Å². The highest BCUT2D eigenvalue weighted by atomic mass is 32.2. The van der Waals surface area contributed by atoms with Crippen LogP contribution in [0, 0.1) is 5.82 Å². The van der Waals surface area contributed by atoms with Crippen LogP contribution in [-0.2, 0) is 32.4 Å². The predicted octanol–water partition coefficient (Wildman–Crippen LogP) is 2.80. The number of nitrogens with one attached hydrogen (secondary N) is 1. The third-order valence-electron chi connectivity index (χ3n) is 4.83. The monoisotopic (exact) mass is 419 g/mol. The molecule has 0 aromatic heterocycles. The second-order valence-electron chi connectivity index (χ2n) is 7.02. The highest BCUT2D eigenvalue weighted by Crippen LogP contribution is 2.22. The SMILES string of the molecule is C[C@H](NS(=O)(=O)c1ccc(F)cc1)C(=O)OCC(=O)c1ccc2c(c1)CCCC2. The molecule has 29 heavy (non-hydrogen) atoms. The molecule has 0 saturated carbocycles. The van der Waals surface area contributed by atoms with Crippen LogP contribution in [0.1, 0.15) is 41.3 Å². The Hall–Kier alpha value is -2.58. The van der Waals surface area contributed by atoms with Gasteiger partial charge in [0.25, 0.3) is 0 Å². The minimum Gasteiger partial charge on any atom is -0.456 e. The molecule has 6 nitrogen and oxygen atoms in total. The number of hydrogen-bond acceptors (Lipinski definition) is 5. The summed E-state index contributed by atoms with van der Waals surface area (Å²) in [6, 6.07) is 8.49. The molecule has 0 amide bonds. The fraction of sp³-hybridized carbons (Fsp3) is 0.333. The van der Waals surface area contributed by atoms with E-state index in [1.165, 1.54) is 12.5 Å². The van der Waals surface area contributed by atoms with E-state index in [2.05, 4.69) is 4.72 Å². The Bertz CT molecular complexity index is 1020. The summed E-state index contributed by atoms with van der Waals surface area (Å²) >= 11 is 0. The largest absolute Gasteiger partial charge is 0.456 e. The Labute approximate surface area is 169 Å². The van der Waals surface area contributed by atoms with E-state index in [0.29, 0.717) is 5.56 Å². The van der Waals surface area contributed by atoms with Gasteiger partial charge in [-0.1, -0.05) is 12.1 Å². The number of aryl methyl sites for hydroxylation is 2. The average Bonchev–Trinajstić information content (AvgIpc) is 2.71. The second kappa shape index (κ2) is 8.84. The van der Waals surface area contributed by atoms with Gasteiger partial charge >= 0.3 is 5.97 Å². The minimum atomic E-state index is -4.02. The van der Waals surface area contributed by atoms with Crippen molar-refractivity contribution in [2.45, 2.75) is 43.5 Å². The molecule has 3 rings (SSSR count). The molecule has 1 N–H and O–H groups in total. The molecule has 8 heteroatoms. The van der Waals surface area contributed by atoms with Gasteiger partial charge in [0.15, 0.2) is 12.4 Å². The van der Waals surface area contributed by atoms with Gasteiger partial charge in [-0.15, -0.1) is 0 Å². The summed E-state index contributed by atoms with van der Waals surface area (Å²) in [5, 5.41) is 0. The molecular formula is C21H22FNO5S. The smallest absolute Gasteiger partial charge is 0.324 e. The van der Waals surface area contributed by atoms with Gasteiger partial charge in [-0.05, 0) is 74.1 Å². The number of carbonyl (C=O) groups excluding carboxylic acids is 2. The number of carbonyl (C=O) groups is 2. The fourth-order valence-corrected chi connectivity index (χ4v) is 4.41. The molecule has 0 spiro atoms. The number of halogens is 1. The lowest BCUT2D eigenvalue weighted by Crippen LogP contribution is -2.40. The minimum absolute atomic E-state index is 0.177. The number of rotatable bonds is 7. The van der Waals surface area contributed by atoms with E-state index in [0.717, 1.165) is 55.5 Å². The first-order valence-corrected chi connectivity index (χ1v) is 10.8. The third kappa shape index (κ3) is 5.27. The zero-order chi connectivity index (χ0) is 21.0. The molecule has 0 aliphatic heterocycles. The normalized spacial score (nSPS) is 14.7. The number of sulfonamides is 1. The molecule has 0 heterocycles. The summed E-state index contributed by atoms with van der Waals surface area (Å²) in [6.07, 6.45) is 4.16. The van der Waals surface area contributed by atoms with Crippen LogP contribution in [0.5, 0.6) is 0 Å². The van der Waals surface area contributed by atoms with Crippen molar-refractivity contribution < 1.29 is 27.1 Å². The maximum Gasteiger partial charge on any atom is 0.324 e. The maximum absolute atomic E-state index is 13.0. The van der Waals surface area contributed by atoms with Crippen LogP contribution in [0.3, 0.4) is 0 Å². The van der Waals surface area contributed by atoms with Crippen LogP contribution >= 0.6 is 0 Å². The predicted molar refractivity (Wildman–Crippen MR) is 105 cm³/mol. The molecule has 0 fully saturated rings. The Morgan fingerprint density at radius 2 is 1.72 bits per heavy atom. The quantitative estimate of drug-likeness (QED) is 0.551. The lowest BCUT2D eigenvalue weighted by Gasteiger charge is -2.16. The van der Waals surface area contributed by atoms with Crippen molar-refractivity contribution in [3.8, 4) is 0 Å². The lowest BCUT2D eigenvalue weighted by atomic mass is 9.90. The number of hydrogen-bond donors (Lipinski definition) is 1. The van der Waals surface area contributed by atoms with Crippen molar-refractivity contribution in [3.05, 3.63) is 65.0 Å². The Morgan fingerprint density at radius 3 is 2.41 bits per heavy atom. The van der Waals surface area contributed by atoms with Crippen molar-refractivity contribution in [2.24, 2.45) is 0 Å². The van der Waals surface area contributed by atoms with E-state index in [9.17, 15) is 22.4 Å². The molecule has 2 aromatic rings. The van der Waals surface area contributed by atoms with E-state index < -0.39 is 34.5 Å². The number of fused-ring (bicyclic) bond motifs is 1. The summed E-state index contributed by atoms with van der Waals surface area (Å²) < 4.78 is 44.6. The molecule has 0 unspecified atom stereocenters. The zero-order valence-corrected chi connectivity index (χ0v) is 16.8. The van der Waals surface area contributed by atoms with Crippen LogP contribution in [-0.4, -0.2) is 32.8 Å². The molecule has 1 aliphatic rings. The van der Waals surface area contributed by atoms with Crippen LogP contribution in [0.25, 0.3) is 0 Å². The number of ketones is 1. The zero-order valence-electron chi connectivity index (χ0n) is 16.0. The first-order chi connectivity index (χ1) is 13.8. The fourth-order valence-electron chi connectivity index (χ4n) is 3.21. The van der Waals surface area contributed by atoms with Gasteiger partial charge in [0, 0.05) is 5.56 Å².